The molecule has 3 rings (SSSR count). The fourth-order valence-corrected chi connectivity index (χ4v) is 5.07. The van der Waals surface area contributed by atoms with Crippen molar-refractivity contribution < 1.29 is 44.7 Å². The molecule has 2 aromatic carbocycles. The largest absolute Gasteiger partial charge is 0.430 e. The Bertz CT molecular complexity index is 1120. The average molecular weight is 509 g/mol. The number of carbonyl (C=O) groups is 1. The maximum Gasteiger partial charge on any atom is 0.430 e. The first-order valence-corrected chi connectivity index (χ1v) is 11.8. The molecule has 1 fully saturated rings. The lowest BCUT2D eigenvalue weighted by atomic mass is 9.91. The van der Waals surface area contributed by atoms with Crippen molar-refractivity contribution in [1.29, 1.82) is 0 Å². The Morgan fingerprint density at radius 1 is 0.971 bits per heavy atom. The SMILES string of the molecule is CC(NC(=O)c1ccc(C(O)(C(F)(F)F)C(F)(F)F)cc1)c1ccc(S(=O)(=O)CC2CC2)cc1. The molecule has 0 bridgehead atoms. The molecule has 0 aromatic heterocycles. The van der Waals surface area contributed by atoms with E-state index in [1.165, 1.54) is 24.3 Å². The van der Waals surface area contributed by atoms with Crippen LogP contribution in [0.2, 0.25) is 0 Å². The highest BCUT2D eigenvalue weighted by atomic mass is 32.2. The van der Waals surface area contributed by atoms with E-state index in [0.717, 1.165) is 25.0 Å². The summed E-state index contributed by atoms with van der Waals surface area (Å²) in [5.41, 5.74) is -6.24. The van der Waals surface area contributed by atoms with Crippen molar-refractivity contribution in [1.82, 2.24) is 5.32 Å². The lowest BCUT2D eigenvalue weighted by Crippen LogP contribution is -2.53. The third-order valence-electron chi connectivity index (χ3n) is 5.62. The minimum Gasteiger partial charge on any atom is -0.369 e. The van der Waals surface area contributed by atoms with E-state index in [4.69, 9.17) is 0 Å². The van der Waals surface area contributed by atoms with Crippen LogP contribution in [0.3, 0.4) is 0 Å². The number of hydrogen-bond donors (Lipinski definition) is 2. The van der Waals surface area contributed by atoms with E-state index in [-0.39, 0.29) is 22.1 Å². The van der Waals surface area contributed by atoms with Gasteiger partial charge in [0.2, 0.25) is 0 Å². The fraction of sp³-hybridized carbons (Fsp3) is 0.409. The fourth-order valence-electron chi connectivity index (χ4n) is 3.37. The van der Waals surface area contributed by atoms with Crippen molar-refractivity contribution in [2.45, 2.75) is 48.7 Å². The smallest absolute Gasteiger partial charge is 0.369 e. The summed E-state index contributed by atoms with van der Waals surface area (Å²) >= 11 is 0. The van der Waals surface area contributed by atoms with E-state index in [2.05, 4.69) is 5.32 Å². The summed E-state index contributed by atoms with van der Waals surface area (Å²) in [6.07, 6.45) is -10.3. The molecule has 1 unspecified atom stereocenters. The summed E-state index contributed by atoms with van der Waals surface area (Å²) < 4.78 is 103. The number of sulfone groups is 1. The van der Waals surface area contributed by atoms with Crippen LogP contribution in [-0.4, -0.2) is 37.5 Å². The molecule has 1 atom stereocenters. The average Bonchev–Trinajstić information content (AvgIpc) is 3.55. The molecule has 1 saturated carbocycles. The summed E-state index contributed by atoms with van der Waals surface area (Å²) in [7, 11) is -3.41. The number of alkyl halides is 6. The molecule has 0 heterocycles. The Morgan fingerprint density at radius 2 is 1.47 bits per heavy atom. The molecule has 2 N–H and O–H groups in total. The van der Waals surface area contributed by atoms with Gasteiger partial charge >= 0.3 is 12.4 Å². The predicted molar refractivity (Wildman–Crippen MR) is 110 cm³/mol. The van der Waals surface area contributed by atoms with Crippen LogP contribution in [0.15, 0.2) is 53.4 Å². The first-order chi connectivity index (χ1) is 15.6. The molecule has 12 heteroatoms. The first kappa shape index (κ1) is 26.0. The molecule has 0 spiro atoms. The van der Waals surface area contributed by atoms with E-state index in [1.807, 2.05) is 0 Å². The Balaban J connectivity index is 1.72. The van der Waals surface area contributed by atoms with Crippen LogP contribution in [0, 0.1) is 5.92 Å². The summed E-state index contributed by atoms with van der Waals surface area (Å²) in [6, 6.07) is 7.48. The van der Waals surface area contributed by atoms with Gasteiger partial charge in [-0.3, -0.25) is 4.79 Å². The number of carbonyl (C=O) groups excluding carboxylic acids is 1. The monoisotopic (exact) mass is 509 g/mol. The van der Waals surface area contributed by atoms with Crippen molar-refractivity contribution in [2.75, 3.05) is 5.75 Å². The zero-order valence-electron chi connectivity index (χ0n) is 17.7. The normalized spacial score (nSPS) is 16.2. The number of amides is 1. The van der Waals surface area contributed by atoms with E-state index in [9.17, 15) is 44.7 Å². The Morgan fingerprint density at radius 3 is 1.91 bits per heavy atom. The lowest BCUT2D eigenvalue weighted by molar-refractivity contribution is -0.376. The molecular formula is C22H21F6NO4S. The van der Waals surface area contributed by atoms with Crippen molar-refractivity contribution in [3.63, 3.8) is 0 Å². The van der Waals surface area contributed by atoms with Gasteiger partial charge in [0, 0.05) is 11.1 Å². The van der Waals surface area contributed by atoms with E-state index < -0.39 is 45.3 Å². The minimum absolute atomic E-state index is 0.0758. The van der Waals surface area contributed by atoms with Crippen LogP contribution in [0.1, 0.15) is 47.3 Å². The molecular weight excluding hydrogens is 488 g/mol. The van der Waals surface area contributed by atoms with E-state index in [1.54, 1.807) is 6.92 Å². The highest BCUT2D eigenvalue weighted by Gasteiger charge is 2.71. The number of nitrogens with one attached hydrogen (secondary N) is 1. The van der Waals surface area contributed by atoms with Gasteiger partial charge in [0.05, 0.1) is 16.7 Å². The number of hydrogen-bond acceptors (Lipinski definition) is 4. The molecule has 34 heavy (non-hydrogen) atoms. The highest BCUT2D eigenvalue weighted by Crippen LogP contribution is 2.49. The van der Waals surface area contributed by atoms with Gasteiger partial charge in [-0.05, 0) is 55.5 Å². The van der Waals surface area contributed by atoms with E-state index in [0.29, 0.717) is 17.7 Å². The molecule has 186 valence electrons. The van der Waals surface area contributed by atoms with Gasteiger partial charge in [-0.25, -0.2) is 8.42 Å². The second-order valence-electron chi connectivity index (χ2n) is 8.27. The molecule has 5 nitrogen and oxygen atoms in total. The predicted octanol–water partition coefficient (Wildman–Crippen LogP) is 4.67. The van der Waals surface area contributed by atoms with Gasteiger partial charge in [0.1, 0.15) is 0 Å². The Hall–Kier alpha value is -2.60. The van der Waals surface area contributed by atoms with Crippen LogP contribution in [-0.2, 0) is 15.4 Å². The highest BCUT2D eigenvalue weighted by molar-refractivity contribution is 7.91. The van der Waals surface area contributed by atoms with Gasteiger partial charge in [0.25, 0.3) is 11.5 Å². The van der Waals surface area contributed by atoms with Gasteiger partial charge < -0.3 is 10.4 Å². The maximum atomic E-state index is 13.0. The van der Waals surface area contributed by atoms with E-state index >= 15 is 0 Å². The second kappa shape index (κ2) is 8.88. The zero-order chi connectivity index (χ0) is 25.5. The summed E-state index contributed by atoms with van der Waals surface area (Å²) in [4.78, 5) is 12.6. The standard InChI is InChI=1S/C22H21F6NO4S/c1-13(15-6-10-18(11-7-15)34(32,33)12-14-2-3-14)29-19(30)16-4-8-17(9-5-16)20(31,21(23,24)25)22(26,27)28/h4-11,13-14,31H,2-3,12H2,1H3,(H,29,30). The van der Waals surface area contributed by atoms with Crippen LogP contribution < -0.4 is 5.32 Å². The van der Waals surface area contributed by atoms with Crippen molar-refractivity contribution in [2.24, 2.45) is 5.92 Å². The molecule has 1 aliphatic rings. The second-order valence-corrected chi connectivity index (χ2v) is 10.3. The number of aliphatic hydroxyl groups is 1. The van der Waals surface area contributed by atoms with Crippen LogP contribution >= 0.6 is 0 Å². The molecule has 0 aliphatic heterocycles. The third kappa shape index (κ3) is 5.22. The van der Waals surface area contributed by atoms with Gasteiger partial charge in [-0.1, -0.05) is 24.3 Å². The molecule has 0 saturated heterocycles. The van der Waals surface area contributed by atoms with Crippen molar-refractivity contribution in [3.05, 3.63) is 65.2 Å². The summed E-state index contributed by atoms with van der Waals surface area (Å²) in [5.74, 6) is -0.531. The number of halogens is 6. The van der Waals surface area contributed by atoms with Crippen LogP contribution in [0.4, 0.5) is 26.3 Å². The minimum atomic E-state index is -6.03. The lowest BCUT2D eigenvalue weighted by Gasteiger charge is -2.32. The molecule has 2 aromatic rings. The number of benzene rings is 2. The van der Waals surface area contributed by atoms with Gasteiger partial charge in [0.15, 0.2) is 9.84 Å². The summed E-state index contributed by atoms with van der Waals surface area (Å²) in [5, 5.41) is 12.0. The quantitative estimate of drug-likeness (QED) is 0.532. The first-order valence-electron chi connectivity index (χ1n) is 10.2. The Kier molecular flexibility index (Phi) is 6.79. The van der Waals surface area contributed by atoms with Crippen molar-refractivity contribution >= 4 is 15.7 Å². The molecule has 1 amide bonds. The number of rotatable bonds is 7. The maximum absolute atomic E-state index is 13.0. The van der Waals surface area contributed by atoms with Crippen molar-refractivity contribution in [3.8, 4) is 0 Å². The molecule has 1 aliphatic carbocycles. The summed E-state index contributed by atoms with van der Waals surface area (Å²) in [6.45, 7) is 1.58. The van der Waals surface area contributed by atoms with Crippen LogP contribution in [0.5, 0.6) is 0 Å². The zero-order valence-corrected chi connectivity index (χ0v) is 18.6. The topological polar surface area (TPSA) is 83.5 Å². The Labute approximate surface area is 191 Å². The molecule has 0 radical (unpaired) electrons. The van der Waals surface area contributed by atoms with Gasteiger partial charge in [-0.2, -0.15) is 26.3 Å². The van der Waals surface area contributed by atoms with Crippen LogP contribution in [0.25, 0.3) is 0 Å². The third-order valence-corrected chi connectivity index (χ3v) is 7.52. The van der Waals surface area contributed by atoms with Gasteiger partial charge in [-0.15, -0.1) is 0 Å².